The van der Waals surface area contributed by atoms with Crippen molar-refractivity contribution >= 4 is 29.6 Å². The third kappa shape index (κ3) is 5.83. The van der Waals surface area contributed by atoms with Gasteiger partial charge in [0.25, 0.3) is 0 Å². The van der Waals surface area contributed by atoms with Gasteiger partial charge < -0.3 is 24.6 Å². The van der Waals surface area contributed by atoms with Gasteiger partial charge in [0.15, 0.2) is 11.5 Å². The van der Waals surface area contributed by atoms with Crippen LogP contribution in [0.3, 0.4) is 0 Å². The van der Waals surface area contributed by atoms with Crippen molar-refractivity contribution in [2.45, 2.75) is 84.5 Å². The average Bonchev–Trinajstić information content (AvgIpc) is 3.30. The third-order valence-corrected chi connectivity index (χ3v) is 6.25. The monoisotopic (exact) mass is 487 g/mol. The highest BCUT2D eigenvalue weighted by molar-refractivity contribution is 5.88. The van der Waals surface area contributed by atoms with E-state index in [9.17, 15) is 9.59 Å². The summed E-state index contributed by atoms with van der Waals surface area (Å²) in [7, 11) is 3.24. The lowest BCUT2D eigenvalue weighted by atomic mass is 9.97. The lowest BCUT2D eigenvalue weighted by molar-refractivity contribution is 0.00592. The predicted molar refractivity (Wildman–Crippen MR) is 133 cm³/mol. The van der Waals surface area contributed by atoms with Crippen LogP contribution < -0.4 is 10.2 Å². The van der Waals surface area contributed by atoms with Crippen LogP contribution in [0, 0.1) is 6.92 Å². The highest BCUT2D eigenvalue weighted by Crippen LogP contribution is 2.39. The Kier molecular flexibility index (Phi) is 7.56. The molecular formula is C24H37N7O4. The van der Waals surface area contributed by atoms with E-state index in [1.165, 1.54) is 7.11 Å². The van der Waals surface area contributed by atoms with Gasteiger partial charge in [-0.2, -0.15) is 10.1 Å². The first-order chi connectivity index (χ1) is 16.0. The quantitative estimate of drug-likeness (QED) is 0.601. The number of esters is 1. The summed E-state index contributed by atoms with van der Waals surface area (Å²) in [6, 6.07) is 3.71. The zero-order chi connectivity index (χ0) is 24.6. The van der Waals surface area contributed by atoms with Gasteiger partial charge in [0.05, 0.1) is 7.11 Å². The van der Waals surface area contributed by atoms with Gasteiger partial charge in [-0.1, -0.05) is 7.43 Å². The van der Waals surface area contributed by atoms with Gasteiger partial charge in [0, 0.05) is 43.0 Å². The first-order valence-corrected chi connectivity index (χ1v) is 11.5. The van der Waals surface area contributed by atoms with E-state index in [-0.39, 0.29) is 37.3 Å². The van der Waals surface area contributed by atoms with E-state index in [2.05, 4.69) is 25.5 Å². The summed E-state index contributed by atoms with van der Waals surface area (Å²) >= 11 is 0. The number of carbonyl (C=O) groups is 2. The molecule has 0 aliphatic carbocycles. The molecule has 4 heterocycles. The lowest BCUT2D eigenvalue weighted by Gasteiger charge is -2.42. The second-order valence-corrected chi connectivity index (χ2v) is 10.00. The van der Waals surface area contributed by atoms with Crippen LogP contribution in [0.5, 0.6) is 0 Å². The maximum Gasteiger partial charge on any atom is 0.410 e. The Balaban J connectivity index is 0.00000342. The molecule has 0 spiro atoms. The molecule has 35 heavy (non-hydrogen) atoms. The van der Waals surface area contributed by atoms with Crippen LogP contribution in [0.15, 0.2) is 12.1 Å². The molecule has 0 radical (unpaired) electrons. The molecular weight excluding hydrogens is 450 g/mol. The third-order valence-electron chi connectivity index (χ3n) is 6.25. The topological polar surface area (TPSA) is 126 Å². The number of hydrogen-bond donors (Lipinski definition) is 2. The maximum absolute atomic E-state index is 12.8. The van der Waals surface area contributed by atoms with Crippen LogP contribution in [0.1, 0.15) is 70.1 Å². The molecule has 3 atom stereocenters. The van der Waals surface area contributed by atoms with Gasteiger partial charge in [0.2, 0.25) is 5.95 Å². The van der Waals surface area contributed by atoms with Gasteiger partial charge >= 0.3 is 12.1 Å². The fourth-order valence-corrected chi connectivity index (χ4v) is 4.72. The molecule has 4 rings (SSSR count). The molecule has 2 N–H and O–H groups in total. The number of aromatic amines is 1. The van der Waals surface area contributed by atoms with Crippen molar-refractivity contribution in [2.24, 2.45) is 0 Å². The van der Waals surface area contributed by atoms with E-state index >= 15 is 0 Å². The van der Waals surface area contributed by atoms with Crippen molar-refractivity contribution in [3.63, 3.8) is 0 Å². The van der Waals surface area contributed by atoms with E-state index in [0.717, 1.165) is 31.4 Å². The van der Waals surface area contributed by atoms with Crippen molar-refractivity contribution in [1.82, 2.24) is 25.1 Å². The number of ether oxygens (including phenoxy) is 2. The standard InChI is InChI=1S/C23H33N7O4.CH4/c1-13-9-19(28-27-13)25-18-12-17(20(31)33-6)24-21(26-18)29(5)16-10-14-7-8-15(11-16)30(14)22(32)34-23(2,3)4;/h9,12,14-16H,7-8,10-11H2,1-6H3,(H2,24,25,26,27,28);1H4/t14-,15+,16?;. The Labute approximate surface area is 206 Å². The zero-order valence-corrected chi connectivity index (χ0v) is 20.6. The minimum atomic E-state index is -0.543. The number of aryl methyl sites for hydroxylation is 1. The second-order valence-electron chi connectivity index (χ2n) is 10.00. The number of amides is 1. The molecule has 192 valence electrons. The minimum Gasteiger partial charge on any atom is -0.464 e. The van der Waals surface area contributed by atoms with Crippen LogP contribution in [-0.4, -0.2) is 75.0 Å². The molecule has 2 fully saturated rings. The summed E-state index contributed by atoms with van der Waals surface area (Å²) in [5.41, 5.74) is 0.528. The van der Waals surface area contributed by atoms with Gasteiger partial charge in [-0.25, -0.2) is 14.6 Å². The number of H-pyrrole nitrogens is 1. The molecule has 0 saturated carbocycles. The van der Waals surface area contributed by atoms with Crippen molar-refractivity contribution in [1.29, 1.82) is 0 Å². The summed E-state index contributed by atoms with van der Waals surface area (Å²) in [6.45, 7) is 7.55. The molecule has 1 amide bonds. The highest BCUT2D eigenvalue weighted by atomic mass is 16.6. The first kappa shape index (κ1) is 26.2. The SMILES string of the molecule is C.COC(=O)c1cc(Nc2cc(C)[nH]n2)nc(N(C)C2C[C@H]3CC[C@@H](C2)N3C(=O)OC(C)(C)C)n1. The molecule has 2 aromatic heterocycles. The van der Waals surface area contributed by atoms with Gasteiger partial charge in [-0.3, -0.25) is 5.10 Å². The number of hydrogen-bond acceptors (Lipinski definition) is 9. The Morgan fingerprint density at radius 2 is 1.80 bits per heavy atom. The summed E-state index contributed by atoms with van der Waals surface area (Å²) in [6.07, 6.45) is 3.20. The van der Waals surface area contributed by atoms with Crippen molar-refractivity contribution < 1.29 is 19.1 Å². The fraction of sp³-hybridized carbons (Fsp3) is 0.625. The zero-order valence-electron chi connectivity index (χ0n) is 20.6. The van der Waals surface area contributed by atoms with E-state index in [4.69, 9.17) is 9.47 Å². The highest BCUT2D eigenvalue weighted by Gasteiger charge is 2.46. The molecule has 11 heteroatoms. The lowest BCUT2D eigenvalue weighted by Crippen LogP contribution is -2.53. The minimum absolute atomic E-state index is 0. The molecule has 2 saturated heterocycles. The van der Waals surface area contributed by atoms with Gasteiger partial charge in [-0.15, -0.1) is 0 Å². The number of methoxy groups -OCH3 is 1. The molecule has 2 bridgehead atoms. The van der Waals surface area contributed by atoms with Crippen molar-refractivity contribution in [3.8, 4) is 0 Å². The van der Waals surface area contributed by atoms with E-state index in [1.54, 1.807) is 6.07 Å². The van der Waals surface area contributed by atoms with E-state index in [1.807, 2.05) is 50.6 Å². The fourth-order valence-electron chi connectivity index (χ4n) is 4.72. The van der Waals surface area contributed by atoms with Crippen molar-refractivity contribution in [2.75, 3.05) is 24.4 Å². The summed E-state index contributed by atoms with van der Waals surface area (Å²) in [4.78, 5) is 38.1. The smallest absolute Gasteiger partial charge is 0.410 e. The Bertz CT molecular complexity index is 1050. The number of aromatic nitrogens is 4. The number of nitrogens with zero attached hydrogens (tertiary/aromatic N) is 5. The molecule has 0 aromatic carbocycles. The maximum atomic E-state index is 12.8. The molecule has 2 aliphatic heterocycles. The largest absolute Gasteiger partial charge is 0.464 e. The normalized spacial score (nSPS) is 21.2. The predicted octanol–water partition coefficient (Wildman–Crippen LogP) is 4.04. The molecule has 2 aliphatic rings. The summed E-state index contributed by atoms with van der Waals surface area (Å²) in [5.74, 6) is 0.896. The number of nitrogens with one attached hydrogen (secondary N) is 2. The van der Waals surface area contributed by atoms with Crippen LogP contribution in [0.25, 0.3) is 0 Å². The van der Waals surface area contributed by atoms with Crippen molar-refractivity contribution in [3.05, 3.63) is 23.5 Å². The average molecular weight is 488 g/mol. The van der Waals surface area contributed by atoms with Gasteiger partial charge in [0.1, 0.15) is 11.4 Å². The Morgan fingerprint density at radius 1 is 1.14 bits per heavy atom. The second kappa shape index (κ2) is 10.1. The van der Waals surface area contributed by atoms with E-state index < -0.39 is 11.6 Å². The summed E-state index contributed by atoms with van der Waals surface area (Å²) in [5, 5.41) is 10.2. The Morgan fingerprint density at radius 3 is 2.34 bits per heavy atom. The van der Waals surface area contributed by atoms with Crippen LogP contribution in [0.2, 0.25) is 0 Å². The number of carbonyl (C=O) groups excluding carboxylic acids is 2. The summed E-state index contributed by atoms with van der Waals surface area (Å²) < 4.78 is 10.5. The number of fused-ring (bicyclic) bond motifs is 2. The van der Waals surface area contributed by atoms with E-state index in [0.29, 0.717) is 17.6 Å². The first-order valence-electron chi connectivity index (χ1n) is 11.5. The molecule has 1 unspecified atom stereocenters. The molecule has 2 aromatic rings. The van der Waals surface area contributed by atoms with Crippen LogP contribution in [-0.2, 0) is 9.47 Å². The number of anilines is 3. The van der Waals surface area contributed by atoms with Crippen LogP contribution >= 0.6 is 0 Å². The number of rotatable bonds is 5. The van der Waals surface area contributed by atoms with Crippen LogP contribution in [0.4, 0.5) is 22.4 Å². The van der Waals surface area contributed by atoms with Gasteiger partial charge in [-0.05, 0) is 53.4 Å². The number of piperidine rings is 1. The Hall–Kier alpha value is -3.37. The molecule has 11 nitrogen and oxygen atoms in total.